The van der Waals surface area contributed by atoms with Crippen molar-refractivity contribution in [2.45, 2.75) is 141 Å². The van der Waals surface area contributed by atoms with Crippen LogP contribution < -0.4 is 16.1 Å². The van der Waals surface area contributed by atoms with E-state index >= 15 is 14.0 Å². The number of pyridine rings is 1. The first kappa shape index (κ1) is 49.5. The Bertz CT molecular complexity index is 2840. The van der Waals surface area contributed by atoms with Crippen molar-refractivity contribution in [3.8, 4) is 22.4 Å². The summed E-state index contributed by atoms with van der Waals surface area (Å²) >= 11 is 0. The Balaban J connectivity index is 0.945. The molecule has 3 N–H and O–H groups in total. The molecule has 7 aliphatic rings. The van der Waals surface area contributed by atoms with Gasteiger partial charge in [-0.05, 0) is 135 Å². The van der Waals surface area contributed by atoms with Gasteiger partial charge in [-0.2, -0.15) is 0 Å². The van der Waals surface area contributed by atoms with E-state index in [0.29, 0.717) is 75.3 Å². The van der Waals surface area contributed by atoms with Crippen molar-refractivity contribution in [1.82, 2.24) is 40.4 Å². The second-order valence-corrected chi connectivity index (χ2v) is 23.2. The zero-order valence-electron chi connectivity index (χ0n) is 43.0. The molecule has 73 heavy (non-hydrogen) atoms. The Morgan fingerprint density at radius 3 is 2.53 bits per heavy atom. The van der Waals surface area contributed by atoms with Crippen molar-refractivity contribution in [3.05, 3.63) is 77.1 Å². The number of aromatic nitrogens is 2. The number of nitrogens with one attached hydrogen (secondary N) is 3. The van der Waals surface area contributed by atoms with Crippen LogP contribution in [-0.2, 0) is 60.0 Å². The van der Waals surface area contributed by atoms with Gasteiger partial charge < -0.3 is 29.2 Å². The molecule has 4 aromatic rings. The summed E-state index contributed by atoms with van der Waals surface area (Å²) in [6, 6.07) is 13.1. The highest BCUT2D eigenvalue weighted by molar-refractivity contribution is 5.97. The monoisotopic (exact) mass is 999 g/mol. The van der Waals surface area contributed by atoms with E-state index in [2.05, 4.69) is 52.7 Å². The highest BCUT2D eigenvalue weighted by Crippen LogP contribution is 2.46. The van der Waals surface area contributed by atoms with Crippen LogP contribution in [0, 0.1) is 22.7 Å². The molecule has 11 rings (SSSR count). The molecule has 0 unspecified atom stereocenters. The average molecular weight is 999 g/mol. The van der Waals surface area contributed by atoms with E-state index in [1.807, 2.05) is 43.1 Å². The number of halogens is 1. The quantitative estimate of drug-likeness (QED) is 0.118. The van der Waals surface area contributed by atoms with Gasteiger partial charge in [0.05, 0.1) is 29.5 Å². The Morgan fingerprint density at radius 1 is 0.973 bits per heavy atom. The minimum absolute atomic E-state index is 0.0285. The number of ether oxygens (including phenoxy) is 2. The fourth-order valence-electron chi connectivity index (χ4n) is 13.2. The molecule has 16 heteroatoms. The first-order chi connectivity index (χ1) is 35.2. The second-order valence-electron chi connectivity index (χ2n) is 23.2. The summed E-state index contributed by atoms with van der Waals surface area (Å²) in [4.78, 5) is 81.2. The van der Waals surface area contributed by atoms with E-state index in [1.165, 1.54) is 5.01 Å². The standard InChI is InChI=1S/C57H71FN8O7/c1-33(72-5)46-40(12-8-20-59-46)50-42-29-56(2,3)32-73-54(70)43-13-9-21-66(62-43)52(68)44(27-34-24-35(30-58)26-39(25-34)38-16-17-45(63(50)4)41(42)28-38)60-51(67)49(37-10-6-7-11-37)65-23-19-57(55(65)71)18-22-64(31-57)53(69)48-47(61-48)36-14-15-36/h8,12,16-17,20,24-26,28,33,36-37,43-44,47-49,61-62H,6-7,9-11,13-15,18-19,21-23,27,29-32H2,1-5H3,(H,60,67)/t33-,43-,44-,47+,48+,49-,57-/m0/s1. The molecule has 388 valence electrons. The molecular weight excluding hydrogens is 928 g/mol. The number of hydrogen-bond acceptors (Lipinski definition) is 10. The first-order valence-corrected chi connectivity index (χ1v) is 26.8. The lowest BCUT2D eigenvalue weighted by Crippen LogP contribution is -2.62. The number of aryl methyl sites for hydroxylation is 1. The normalized spacial score (nSPS) is 27.4. The van der Waals surface area contributed by atoms with E-state index in [0.717, 1.165) is 83.1 Å². The molecule has 6 bridgehead atoms. The predicted octanol–water partition coefficient (Wildman–Crippen LogP) is 6.49. The number of likely N-dealkylation sites (tertiary alicyclic amines) is 2. The van der Waals surface area contributed by atoms with Crippen molar-refractivity contribution in [2.75, 3.05) is 39.9 Å². The number of esters is 1. The van der Waals surface area contributed by atoms with Crippen LogP contribution in [0.25, 0.3) is 33.3 Å². The van der Waals surface area contributed by atoms with Crippen molar-refractivity contribution >= 4 is 40.5 Å². The number of alkyl halides is 1. The van der Waals surface area contributed by atoms with Crippen LogP contribution in [0.3, 0.4) is 0 Å². The van der Waals surface area contributed by atoms with Gasteiger partial charge in [-0.1, -0.05) is 44.9 Å². The van der Waals surface area contributed by atoms with Crippen LogP contribution in [0.1, 0.15) is 113 Å². The maximum absolute atomic E-state index is 15.2. The summed E-state index contributed by atoms with van der Waals surface area (Å²) in [6.07, 6.45) is 9.85. The zero-order chi connectivity index (χ0) is 50.9. The summed E-state index contributed by atoms with van der Waals surface area (Å²) < 4.78 is 29.2. The summed E-state index contributed by atoms with van der Waals surface area (Å²) in [7, 11) is 3.71. The summed E-state index contributed by atoms with van der Waals surface area (Å²) in [5.74, 6) is -0.845. The van der Waals surface area contributed by atoms with Crippen LogP contribution in [0.4, 0.5) is 4.39 Å². The number of benzene rings is 2. The van der Waals surface area contributed by atoms with Crippen LogP contribution >= 0.6 is 0 Å². The second kappa shape index (κ2) is 19.5. The molecule has 5 aliphatic heterocycles. The van der Waals surface area contributed by atoms with Crippen LogP contribution in [0.5, 0.6) is 0 Å². The van der Waals surface area contributed by atoms with Crippen molar-refractivity contribution in [3.63, 3.8) is 0 Å². The number of fused-ring (bicyclic) bond motifs is 6. The third kappa shape index (κ3) is 9.45. The number of rotatable bonds is 10. The third-order valence-corrected chi connectivity index (χ3v) is 17.4. The molecule has 4 saturated heterocycles. The molecule has 6 fully saturated rings. The van der Waals surface area contributed by atoms with Gasteiger partial charge in [0.1, 0.15) is 30.8 Å². The van der Waals surface area contributed by atoms with E-state index < -0.39 is 53.4 Å². The number of hydrogen-bond donors (Lipinski definition) is 3. The maximum atomic E-state index is 15.2. The molecule has 7 atom stereocenters. The van der Waals surface area contributed by atoms with Gasteiger partial charge in [-0.25, -0.2) is 9.82 Å². The van der Waals surface area contributed by atoms with Crippen molar-refractivity contribution in [1.29, 1.82) is 0 Å². The van der Waals surface area contributed by atoms with Gasteiger partial charge in [0, 0.05) is 80.9 Å². The molecule has 4 amide bonds. The molecule has 2 aromatic heterocycles. The minimum atomic E-state index is -1.13. The molecule has 1 spiro atoms. The Hall–Kier alpha value is -5.71. The molecule has 2 aromatic carbocycles. The number of carbonyl (C=O) groups excluding carboxylic acids is 5. The van der Waals surface area contributed by atoms with Crippen molar-refractivity contribution in [2.24, 2.45) is 29.7 Å². The molecule has 7 heterocycles. The van der Waals surface area contributed by atoms with Gasteiger partial charge in [-0.15, -0.1) is 0 Å². The van der Waals surface area contributed by atoms with E-state index in [1.54, 1.807) is 24.3 Å². The SMILES string of the molecule is CO[C@@H](C)c1ncccc1-c1c2c3cc(ccc3n1C)-c1cc(CF)cc(c1)C[C@H](NC(=O)[C@H](C1CCCC1)N1CC[C@]3(CCN(C(=O)[C@@H]4N[C@@H]4C4CC4)C3)C1=O)C(=O)N1CCC[C@H](N1)C(=O)OCC(C)(C)C2. The molecule has 0 radical (unpaired) electrons. The summed E-state index contributed by atoms with van der Waals surface area (Å²) in [6.45, 7) is 7.05. The van der Waals surface area contributed by atoms with E-state index in [4.69, 9.17) is 14.5 Å². The minimum Gasteiger partial charge on any atom is -0.464 e. The fourth-order valence-corrected chi connectivity index (χ4v) is 13.2. The van der Waals surface area contributed by atoms with Crippen LogP contribution in [0.2, 0.25) is 0 Å². The summed E-state index contributed by atoms with van der Waals surface area (Å²) in [5.41, 5.74) is 9.32. The maximum Gasteiger partial charge on any atom is 0.324 e. The largest absolute Gasteiger partial charge is 0.464 e. The number of amides is 4. The van der Waals surface area contributed by atoms with Gasteiger partial charge in [0.2, 0.25) is 17.7 Å². The lowest BCUT2D eigenvalue weighted by atomic mass is 9.84. The molecule has 2 saturated carbocycles. The predicted molar refractivity (Wildman–Crippen MR) is 273 cm³/mol. The lowest BCUT2D eigenvalue weighted by Gasteiger charge is -2.37. The smallest absolute Gasteiger partial charge is 0.324 e. The van der Waals surface area contributed by atoms with Crippen LogP contribution in [-0.4, -0.2) is 124 Å². The number of cyclic esters (lactones) is 1. The first-order valence-electron chi connectivity index (χ1n) is 26.8. The van der Waals surface area contributed by atoms with Gasteiger partial charge >= 0.3 is 5.97 Å². The zero-order valence-corrected chi connectivity index (χ0v) is 43.0. The number of hydrazine groups is 1. The number of methoxy groups -OCH3 is 1. The Morgan fingerprint density at radius 2 is 1.77 bits per heavy atom. The fraction of sp³-hybridized carbons (Fsp3) is 0.579. The van der Waals surface area contributed by atoms with E-state index in [9.17, 15) is 14.4 Å². The third-order valence-electron chi connectivity index (χ3n) is 17.4. The summed E-state index contributed by atoms with van der Waals surface area (Å²) in [5, 5.41) is 8.99. The average Bonchev–Trinajstić information content (AvgIpc) is 4.24. The Kier molecular flexibility index (Phi) is 13.2. The molecule has 2 aliphatic carbocycles. The highest BCUT2D eigenvalue weighted by atomic mass is 19.1. The van der Waals surface area contributed by atoms with Gasteiger partial charge in [0.25, 0.3) is 5.91 Å². The highest BCUT2D eigenvalue weighted by Gasteiger charge is 2.58. The topological polar surface area (TPSA) is 177 Å². The Labute approximate surface area is 427 Å². The molecular formula is C57H71FN8O7. The van der Waals surface area contributed by atoms with Crippen molar-refractivity contribution < 1.29 is 37.8 Å². The number of carbonyl (C=O) groups is 5. The lowest BCUT2D eigenvalue weighted by molar-refractivity contribution is -0.155. The van der Waals surface area contributed by atoms with E-state index in [-0.39, 0.29) is 48.9 Å². The number of nitrogens with zero attached hydrogens (tertiary/aromatic N) is 5. The molecule has 15 nitrogen and oxygen atoms in total. The van der Waals surface area contributed by atoms with Crippen LogP contribution in [0.15, 0.2) is 54.7 Å². The van der Waals surface area contributed by atoms with Gasteiger partial charge in [-0.3, -0.25) is 39.3 Å². The van der Waals surface area contributed by atoms with Gasteiger partial charge in [0.15, 0.2) is 0 Å².